The summed E-state index contributed by atoms with van der Waals surface area (Å²) in [4.78, 5) is 58.1. The molecular formula is C34H32O10. The fourth-order valence-electron chi connectivity index (χ4n) is 6.68. The number of rotatable bonds is 8. The Balaban J connectivity index is 1.97. The van der Waals surface area contributed by atoms with Crippen LogP contribution in [0.1, 0.15) is 23.0 Å². The number of allylic oxidation sites excluding steroid dienone is 8. The van der Waals surface area contributed by atoms with Gasteiger partial charge in [-0.25, -0.2) is 0 Å². The minimum Gasteiger partial charge on any atom is -0.500 e. The topological polar surface area (TPSA) is 124 Å². The van der Waals surface area contributed by atoms with E-state index in [1.54, 1.807) is 60.7 Å². The maximum absolute atomic E-state index is 14.5. The number of benzene rings is 2. The summed E-state index contributed by atoms with van der Waals surface area (Å²) >= 11 is 0. The highest BCUT2D eigenvalue weighted by molar-refractivity contribution is 6.30. The van der Waals surface area contributed by atoms with Gasteiger partial charge in [0.1, 0.15) is 11.5 Å². The molecule has 44 heavy (non-hydrogen) atoms. The van der Waals surface area contributed by atoms with Gasteiger partial charge in [0.05, 0.1) is 42.7 Å². The Morgan fingerprint density at radius 2 is 0.705 bits per heavy atom. The van der Waals surface area contributed by atoms with Gasteiger partial charge in [-0.05, 0) is 23.3 Å². The molecule has 3 aliphatic carbocycles. The normalized spacial score (nSPS) is 22.5. The summed E-state index contributed by atoms with van der Waals surface area (Å²) in [6, 6.07) is 17.4. The molecule has 10 heteroatoms. The molecule has 0 aliphatic heterocycles. The molecule has 2 aromatic carbocycles. The van der Waals surface area contributed by atoms with Crippen molar-refractivity contribution in [3.05, 3.63) is 118 Å². The van der Waals surface area contributed by atoms with Crippen molar-refractivity contribution < 1.29 is 47.6 Å². The molecular weight excluding hydrogens is 568 g/mol. The van der Waals surface area contributed by atoms with E-state index in [1.807, 2.05) is 0 Å². The zero-order valence-electron chi connectivity index (χ0n) is 25.2. The Bertz CT molecular complexity index is 1470. The summed E-state index contributed by atoms with van der Waals surface area (Å²) in [5.41, 5.74) is -3.18. The molecule has 0 saturated heterocycles. The van der Waals surface area contributed by atoms with E-state index < -0.39 is 45.8 Å². The molecule has 0 aromatic heterocycles. The molecule has 0 saturated carbocycles. The van der Waals surface area contributed by atoms with Crippen LogP contribution in [0.4, 0.5) is 0 Å². The molecule has 0 bridgehead atoms. The molecule has 2 aromatic rings. The average molecular weight is 601 g/mol. The lowest BCUT2D eigenvalue weighted by Crippen LogP contribution is -2.49. The second-order valence-corrected chi connectivity index (χ2v) is 10.3. The highest BCUT2D eigenvalue weighted by Crippen LogP contribution is 2.60. The van der Waals surface area contributed by atoms with Gasteiger partial charge in [0, 0.05) is 11.8 Å². The molecule has 0 heterocycles. The summed E-state index contributed by atoms with van der Waals surface area (Å²) in [6.45, 7) is 0. The van der Waals surface area contributed by atoms with Crippen LogP contribution in [0.15, 0.2) is 107 Å². The van der Waals surface area contributed by atoms with Crippen molar-refractivity contribution in [2.45, 2.75) is 11.8 Å². The summed E-state index contributed by atoms with van der Waals surface area (Å²) in [6.07, 6.45) is 2.95. The van der Waals surface area contributed by atoms with Crippen LogP contribution in [-0.4, -0.2) is 65.8 Å². The quantitative estimate of drug-likeness (QED) is 0.412. The van der Waals surface area contributed by atoms with Gasteiger partial charge in [-0.1, -0.05) is 60.7 Å². The van der Waals surface area contributed by atoms with Gasteiger partial charge in [0.15, 0.2) is 10.8 Å². The van der Waals surface area contributed by atoms with E-state index in [0.29, 0.717) is 11.1 Å². The van der Waals surface area contributed by atoms with Gasteiger partial charge in [0.2, 0.25) is 46.2 Å². The van der Waals surface area contributed by atoms with Gasteiger partial charge in [-0.3, -0.25) is 19.2 Å². The van der Waals surface area contributed by atoms with E-state index in [-0.39, 0.29) is 34.6 Å². The van der Waals surface area contributed by atoms with Crippen LogP contribution >= 0.6 is 0 Å². The SMILES string of the molecule is COC1=CC(c2ccccc2)C2(C(=O)C(OC)=C(OC)C2=O)C(OC)=CC(c2ccccc2)C12C(=O)C(OC)=C(OC)C2=O. The van der Waals surface area contributed by atoms with Crippen molar-refractivity contribution in [3.63, 3.8) is 0 Å². The third-order valence-electron chi connectivity index (χ3n) is 8.59. The number of hydrogen-bond acceptors (Lipinski definition) is 10. The first-order valence-electron chi connectivity index (χ1n) is 13.7. The van der Waals surface area contributed by atoms with Gasteiger partial charge < -0.3 is 28.4 Å². The molecule has 228 valence electrons. The van der Waals surface area contributed by atoms with Crippen LogP contribution in [0.3, 0.4) is 0 Å². The van der Waals surface area contributed by atoms with Crippen LogP contribution in [0.25, 0.3) is 0 Å². The van der Waals surface area contributed by atoms with Crippen LogP contribution in [0.5, 0.6) is 0 Å². The van der Waals surface area contributed by atoms with Gasteiger partial charge in [-0.15, -0.1) is 0 Å². The zero-order chi connectivity index (χ0) is 31.8. The van der Waals surface area contributed by atoms with E-state index in [0.717, 1.165) is 0 Å². The fourth-order valence-corrected chi connectivity index (χ4v) is 6.68. The summed E-state index contributed by atoms with van der Waals surface area (Å²) < 4.78 is 33.6. The van der Waals surface area contributed by atoms with Crippen molar-refractivity contribution >= 4 is 23.1 Å². The lowest BCUT2D eigenvalue weighted by molar-refractivity contribution is -0.137. The lowest BCUT2D eigenvalue weighted by Gasteiger charge is -2.41. The van der Waals surface area contributed by atoms with E-state index in [9.17, 15) is 19.2 Å². The number of Topliss-reactive ketones (excluding diaryl/α,β-unsaturated/α-hetero) is 4. The highest BCUT2D eigenvalue weighted by atomic mass is 16.5. The minimum atomic E-state index is -2.09. The number of methoxy groups -OCH3 is 6. The van der Waals surface area contributed by atoms with Crippen LogP contribution in [0, 0.1) is 10.8 Å². The van der Waals surface area contributed by atoms with Crippen LogP contribution in [-0.2, 0) is 47.6 Å². The third-order valence-corrected chi connectivity index (χ3v) is 8.59. The van der Waals surface area contributed by atoms with E-state index >= 15 is 0 Å². The standard InChI is InChI=1S/C34H32O10/c1-39-23-17-21(19-13-9-7-10-14-19)34(31(37)27(43-5)28(44-6)32(34)38)24(40-2)18-22(20-15-11-8-12-16-20)33(23)29(35)25(41-3)26(42-4)30(33)36/h7-18,21-22H,1-6H3. The number of carbonyl (C=O) groups excluding carboxylic acids is 4. The van der Waals surface area contributed by atoms with E-state index in [2.05, 4.69) is 0 Å². The molecule has 2 atom stereocenters. The Morgan fingerprint density at radius 1 is 0.432 bits per heavy atom. The number of ether oxygens (including phenoxy) is 6. The first-order chi connectivity index (χ1) is 21.2. The molecule has 10 nitrogen and oxygen atoms in total. The van der Waals surface area contributed by atoms with Crippen LogP contribution in [0.2, 0.25) is 0 Å². The maximum Gasteiger partial charge on any atom is 0.223 e. The monoisotopic (exact) mass is 600 g/mol. The zero-order valence-corrected chi connectivity index (χ0v) is 25.2. The van der Waals surface area contributed by atoms with Gasteiger partial charge >= 0.3 is 0 Å². The van der Waals surface area contributed by atoms with Gasteiger partial charge in [-0.2, -0.15) is 0 Å². The van der Waals surface area contributed by atoms with Crippen molar-refractivity contribution in [2.75, 3.05) is 42.7 Å². The second-order valence-electron chi connectivity index (χ2n) is 10.3. The first-order valence-corrected chi connectivity index (χ1v) is 13.7. The molecule has 5 rings (SSSR count). The number of hydrogen-bond donors (Lipinski definition) is 0. The third kappa shape index (κ3) is 3.86. The predicted octanol–water partition coefficient (Wildman–Crippen LogP) is 3.91. The molecule has 2 unspecified atom stereocenters. The Hall–Kier alpha value is -5.12. The fraction of sp³-hybridized carbons (Fsp3) is 0.294. The van der Waals surface area contributed by atoms with Crippen molar-refractivity contribution in [1.82, 2.24) is 0 Å². The van der Waals surface area contributed by atoms with Gasteiger partial charge in [0.25, 0.3) is 0 Å². The lowest BCUT2D eigenvalue weighted by atomic mass is 9.59. The maximum atomic E-state index is 14.5. The van der Waals surface area contributed by atoms with Crippen molar-refractivity contribution in [3.8, 4) is 0 Å². The summed E-state index contributed by atoms with van der Waals surface area (Å²) in [7, 11) is 7.73. The minimum absolute atomic E-state index is 0.104. The smallest absolute Gasteiger partial charge is 0.223 e. The molecule has 0 N–H and O–H groups in total. The number of ketones is 4. The number of carbonyl (C=O) groups is 4. The molecule has 3 aliphatic rings. The van der Waals surface area contributed by atoms with Crippen LogP contribution < -0.4 is 0 Å². The van der Waals surface area contributed by atoms with Crippen molar-refractivity contribution in [2.24, 2.45) is 10.8 Å². The molecule has 0 amide bonds. The van der Waals surface area contributed by atoms with E-state index in [4.69, 9.17) is 28.4 Å². The summed E-state index contributed by atoms with van der Waals surface area (Å²) in [5.74, 6) is -6.49. The second kappa shape index (κ2) is 11.5. The van der Waals surface area contributed by atoms with E-state index in [1.165, 1.54) is 54.8 Å². The Morgan fingerprint density at radius 3 is 0.932 bits per heavy atom. The Kier molecular flexibility index (Phi) is 7.94. The average Bonchev–Trinajstić information content (AvgIpc) is 3.40. The largest absolute Gasteiger partial charge is 0.500 e. The molecule has 2 spiro atoms. The Labute approximate surface area is 254 Å². The highest BCUT2D eigenvalue weighted by Gasteiger charge is 2.69. The first kappa shape index (κ1) is 30.3. The molecule has 0 fully saturated rings. The summed E-state index contributed by atoms with van der Waals surface area (Å²) in [5, 5.41) is 0. The van der Waals surface area contributed by atoms with Crippen molar-refractivity contribution in [1.29, 1.82) is 0 Å². The molecule has 0 radical (unpaired) electrons. The predicted molar refractivity (Wildman–Crippen MR) is 156 cm³/mol.